The Balaban J connectivity index is 1.68. The maximum atomic E-state index is 12.9. The van der Waals surface area contributed by atoms with E-state index in [1.54, 1.807) is 38.1 Å². The van der Waals surface area contributed by atoms with Crippen LogP contribution in [0, 0.1) is 0 Å². The number of morpholine rings is 1. The minimum absolute atomic E-state index is 0.0150. The second kappa shape index (κ2) is 6.30. The predicted octanol–water partition coefficient (Wildman–Crippen LogP) is 2.04. The van der Waals surface area contributed by atoms with Crippen LogP contribution >= 0.6 is 11.6 Å². The van der Waals surface area contributed by atoms with Crippen LogP contribution in [0.1, 0.15) is 13.8 Å². The average molecular weight is 339 g/mol. The molecule has 1 amide bonds. The molecule has 126 valence electrons. The number of nitrogens with zero attached hydrogens (tertiary/aromatic N) is 2. The molecule has 2 aliphatic rings. The molecular formula is C17H23ClN2O3. The molecule has 3 rings (SSSR count). The average Bonchev–Trinajstić information content (AvgIpc) is 2.94. The van der Waals surface area contributed by atoms with Crippen LogP contribution in [-0.2, 0) is 9.53 Å². The van der Waals surface area contributed by atoms with Gasteiger partial charge in [-0.25, -0.2) is 0 Å². The molecule has 0 spiro atoms. The highest BCUT2D eigenvalue weighted by Gasteiger charge is 2.44. The van der Waals surface area contributed by atoms with Gasteiger partial charge in [-0.15, -0.1) is 0 Å². The number of amides is 1. The first kappa shape index (κ1) is 16.6. The van der Waals surface area contributed by atoms with E-state index >= 15 is 0 Å². The van der Waals surface area contributed by atoms with Gasteiger partial charge in [-0.05, 0) is 45.2 Å². The fraction of sp³-hybridized carbons (Fsp3) is 0.588. The molecule has 2 aliphatic heterocycles. The topological polar surface area (TPSA) is 42.0 Å². The SMILES string of the molecule is CN1CCO[C@@H]2CN(C(=O)C(C)(C)Oc3ccc(Cl)cc3)C[C@@H]21. The van der Waals surface area contributed by atoms with Crippen LogP contribution in [0.4, 0.5) is 0 Å². The maximum absolute atomic E-state index is 12.9. The van der Waals surface area contributed by atoms with Crippen molar-refractivity contribution in [2.24, 2.45) is 0 Å². The van der Waals surface area contributed by atoms with Crippen molar-refractivity contribution in [1.29, 1.82) is 0 Å². The van der Waals surface area contributed by atoms with Crippen molar-refractivity contribution < 1.29 is 14.3 Å². The summed E-state index contributed by atoms with van der Waals surface area (Å²) in [7, 11) is 2.09. The van der Waals surface area contributed by atoms with Gasteiger partial charge in [-0.3, -0.25) is 9.69 Å². The van der Waals surface area contributed by atoms with Crippen LogP contribution in [0.25, 0.3) is 0 Å². The van der Waals surface area contributed by atoms with Gasteiger partial charge in [0, 0.05) is 24.7 Å². The molecule has 1 aromatic carbocycles. The highest BCUT2D eigenvalue weighted by molar-refractivity contribution is 6.30. The Morgan fingerprint density at radius 2 is 2.00 bits per heavy atom. The molecule has 0 aromatic heterocycles. The first-order chi connectivity index (χ1) is 10.9. The zero-order valence-corrected chi connectivity index (χ0v) is 14.5. The van der Waals surface area contributed by atoms with E-state index in [-0.39, 0.29) is 18.1 Å². The number of hydrogen-bond donors (Lipinski definition) is 0. The van der Waals surface area contributed by atoms with E-state index in [0.717, 1.165) is 13.2 Å². The van der Waals surface area contributed by atoms with E-state index < -0.39 is 5.60 Å². The van der Waals surface area contributed by atoms with Crippen molar-refractivity contribution >= 4 is 17.5 Å². The summed E-state index contributed by atoms with van der Waals surface area (Å²) in [6, 6.07) is 7.34. The van der Waals surface area contributed by atoms with Crippen molar-refractivity contribution in [3.05, 3.63) is 29.3 Å². The van der Waals surface area contributed by atoms with Gasteiger partial charge in [0.25, 0.3) is 5.91 Å². The second-order valence-corrected chi connectivity index (χ2v) is 7.17. The molecule has 2 saturated heterocycles. The van der Waals surface area contributed by atoms with Crippen LogP contribution in [0.5, 0.6) is 5.75 Å². The standard InChI is InChI=1S/C17H23ClN2O3/c1-17(2,23-13-6-4-12(18)5-7-13)16(21)20-10-14-15(11-20)22-9-8-19(14)3/h4-7,14-15H,8-11H2,1-3H3/t14-,15+/m0/s1. The van der Waals surface area contributed by atoms with Gasteiger partial charge >= 0.3 is 0 Å². The number of halogens is 1. The molecule has 2 atom stereocenters. The minimum atomic E-state index is -0.931. The lowest BCUT2D eigenvalue weighted by atomic mass is 10.1. The van der Waals surface area contributed by atoms with E-state index in [1.165, 1.54) is 0 Å². The van der Waals surface area contributed by atoms with E-state index in [2.05, 4.69) is 11.9 Å². The normalized spacial score (nSPS) is 25.3. The molecule has 23 heavy (non-hydrogen) atoms. The summed E-state index contributed by atoms with van der Waals surface area (Å²) in [5.41, 5.74) is -0.931. The lowest BCUT2D eigenvalue weighted by Gasteiger charge is -2.33. The van der Waals surface area contributed by atoms with Crippen molar-refractivity contribution in [2.75, 3.05) is 33.3 Å². The number of likely N-dealkylation sites (N-methyl/N-ethyl adjacent to an activating group) is 1. The number of carbonyl (C=O) groups excluding carboxylic acids is 1. The molecule has 0 bridgehead atoms. The Kier molecular flexibility index (Phi) is 4.54. The van der Waals surface area contributed by atoms with Crippen molar-refractivity contribution in [1.82, 2.24) is 9.80 Å². The highest BCUT2D eigenvalue weighted by atomic mass is 35.5. The van der Waals surface area contributed by atoms with Crippen LogP contribution in [0.2, 0.25) is 5.02 Å². The van der Waals surface area contributed by atoms with Crippen molar-refractivity contribution in [2.45, 2.75) is 31.6 Å². The molecule has 2 fully saturated rings. The van der Waals surface area contributed by atoms with E-state index in [1.807, 2.05) is 4.90 Å². The van der Waals surface area contributed by atoms with Gasteiger partial charge in [0.15, 0.2) is 5.60 Å². The molecule has 6 heteroatoms. The molecule has 0 radical (unpaired) electrons. The fourth-order valence-electron chi connectivity index (χ4n) is 3.25. The molecule has 0 aliphatic carbocycles. The Labute approximate surface area is 142 Å². The molecule has 0 saturated carbocycles. The van der Waals surface area contributed by atoms with Gasteiger partial charge in [0.1, 0.15) is 5.75 Å². The number of ether oxygens (including phenoxy) is 2. The molecular weight excluding hydrogens is 316 g/mol. The Hall–Kier alpha value is -1.30. The van der Waals surface area contributed by atoms with Crippen LogP contribution in [-0.4, -0.2) is 66.7 Å². The van der Waals surface area contributed by atoms with Gasteiger partial charge in [-0.2, -0.15) is 0 Å². The quantitative estimate of drug-likeness (QED) is 0.846. The molecule has 0 unspecified atom stereocenters. The first-order valence-corrected chi connectivity index (χ1v) is 8.30. The smallest absolute Gasteiger partial charge is 0.266 e. The number of hydrogen-bond acceptors (Lipinski definition) is 4. The van der Waals surface area contributed by atoms with Gasteiger partial charge < -0.3 is 14.4 Å². The van der Waals surface area contributed by atoms with Crippen LogP contribution in [0.3, 0.4) is 0 Å². The zero-order valence-electron chi connectivity index (χ0n) is 13.8. The largest absolute Gasteiger partial charge is 0.478 e. The summed E-state index contributed by atoms with van der Waals surface area (Å²) in [6.45, 7) is 6.56. The molecule has 0 N–H and O–H groups in total. The van der Waals surface area contributed by atoms with E-state index in [0.29, 0.717) is 23.9 Å². The van der Waals surface area contributed by atoms with Crippen LogP contribution in [0.15, 0.2) is 24.3 Å². The number of carbonyl (C=O) groups is 1. The summed E-state index contributed by atoms with van der Waals surface area (Å²) >= 11 is 5.88. The first-order valence-electron chi connectivity index (χ1n) is 7.92. The summed E-state index contributed by atoms with van der Waals surface area (Å²) in [6.07, 6.45) is 0.101. The van der Waals surface area contributed by atoms with Crippen LogP contribution < -0.4 is 4.74 Å². The Bertz CT molecular complexity index is 576. The monoisotopic (exact) mass is 338 g/mol. The van der Waals surface area contributed by atoms with Gasteiger partial charge in [-0.1, -0.05) is 11.6 Å². The lowest BCUT2D eigenvalue weighted by Crippen LogP contribution is -2.49. The van der Waals surface area contributed by atoms with E-state index in [9.17, 15) is 4.79 Å². The third-order valence-corrected chi connectivity index (χ3v) is 4.82. The van der Waals surface area contributed by atoms with Crippen molar-refractivity contribution in [3.63, 3.8) is 0 Å². The third-order valence-electron chi connectivity index (χ3n) is 4.57. The zero-order chi connectivity index (χ0) is 16.6. The lowest BCUT2D eigenvalue weighted by molar-refractivity contribution is -0.144. The molecule has 2 heterocycles. The predicted molar refractivity (Wildman–Crippen MR) is 88.9 cm³/mol. The molecule has 5 nitrogen and oxygen atoms in total. The Morgan fingerprint density at radius 3 is 2.65 bits per heavy atom. The van der Waals surface area contributed by atoms with Gasteiger partial charge in [0.2, 0.25) is 0 Å². The third kappa shape index (κ3) is 3.47. The summed E-state index contributed by atoms with van der Waals surface area (Å²) in [5, 5.41) is 0.644. The summed E-state index contributed by atoms with van der Waals surface area (Å²) in [5.74, 6) is 0.622. The number of likely N-dealkylation sites (tertiary alicyclic amines) is 1. The fourth-order valence-corrected chi connectivity index (χ4v) is 3.37. The number of benzene rings is 1. The summed E-state index contributed by atoms with van der Waals surface area (Å²) in [4.78, 5) is 17.0. The van der Waals surface area contributed by atoms with E-state index in [4.69, 9.17) is 21.1 Å². The molecule has 1 aromatic rings. The Morgan fingerprint density at radius 1 is 1.30 bits per heavy atom. The second-order valence-electron chi connectivity index (χ2n) is 6.73. The van der Waals surface area contributed by atoms with Crippen molar-refractivity contribution in [3.8, 4) is 5.75 Å². The number of rotatable bonds is 3. The number of fused-ring (bicyclic) bond motifs is 1. The van der Waals surface area contributed by atoms with Gasteiger partial charge in [0.05, 0.1) is 18.8 Å². The summed E-state index contributed by atoms with van der Waals surface area (Å²) < 4.78 is 11.7. The maximum Gasteiger partial charge on any atom is 0.266 e. The highest BCUT2D eigenvalue weighted by Crippen LogP contribution is 2.27. The minimum Gasteiger partial charge on any atom is -0.478 e.